The molecule has 0 spiro atoms. The fourth-order valence-corrected chi connectivity index (χ4v) is 2.45. The van der Waals surface area contributed by atoms with Gasteiger partial charge in [0.05, 0.1) is 29.1 Å². The highest BCUT2D eigenvalue weighted by Gasteiger charge is 2.11. The zero-order valence-electron chi connectivity index (χ0n) is 11.6. The molecule has 3 N–H and O–H groups in total. The van der Waals surface area contributed by atoms with E-state index in [2.05, 4.69) is 5.32 Å². The Morgan fingerprint density at radius 2 is 1.81 bits per heavy atom. The van der Waals surface area contributed by atoms with Gasteiger partial charge in [-0.25, -0.2) is 12.8 Å². The van der Waals surface area contributed by atoms with Crippen LogP contribution in [0.1, 0.15) is 0 Å². The largest absolute Gasteiger partial charge is 0.494 e. The number of ether oxygens (including phenoxy) is 1. The second kappa shape index (κ2) is 5.61. The van der Waals surface area contributed by atoms with Crippen molar-refractivity contribution >= 4 is 26.9 Å². The lowest BCUT2D eigenvalue weighted by Gasteiger charge is -2.13. The normalized spacial score (nSPS) is 11.2. The van der Waals surface area contributed by atoms with Crippen molar-refractivity contribution in [2.24, 2.45) is 0 Å². The molecule has 0 saturated carbocycles. The Hall–Kier alpha value is -2.28. The third-order valence-corrected chi connectivity index (χ3v) is 3.99. The lowest BCUT2D eigenvalue weighted by Crippen LogP contribution is -2.02. The first kappa shape index (κ1) is 15.1. The number of nitrogen functional groups attached to an aromatic ring is 1. The number of halogens is 1. The van der Waals surface area contributed by atoms with E-state index in [1.54, 1.807) is 6.07 Å². The van der Waals surface area contributed by atoms with Crippen molar-refractivity contribution in [2.75, 3.05) is 24.4 Å². The molecule has 7 heteroatoms. The third kappa shape index (κ3) is 3.43. The van der Waals surface area contributed by atoms with Gasteiger partial charge in [-0.3, -0.25) is 0 Å². The van der Waals surface area contributed by atoms with Crippen LogP contribution < -0.4 is 15.8 Å². The number of methoxy groups -OCH3 is 1. The predicted octanol–water partition coefficient (Wildman–Crippen LogP) is 2.56. The molecule has 0 aliphatic heterocycles. The molecule has 2 rings (SSSR count). The van der Waals surface area contributed by atoms with Gasteiger partial charge < -0.3 is 15.8 Å². The van der Waals surface area contributed by atoms with Crippen LogP contribution in [0.25, 0.3) is 0 Å². The number of nitrogens with two attached hydrogens (primary N) is 1. The van der Waals surface area contributed by atoms with Gasteiger partial charge in [-0.05, 0) is 30.3 Å². The van der Waals surface area contributed by atoms with Crippen molar-refractivity contribution in [1.29, 1.82) is 0 Å². The number of hydrogen-bond donors (Lipinski definition) is 2. The van der Waals surface area contributed by atoms with Crippen LogP contribution in [0.3, 0.4) is 0 Å². The van der Waals surface area contributed by atoms with E-state index in [0.717, 1.165) is 6.26 Å². The van der Waals surface area contributed by atoms with Crippen LogP contribution in [0.15, 0.2) is 41.3 Å². The standard InChI is InChI=1S/C14H15FN2O3S/c1-20-14-7-9(15)3-5-13(14)17-12-6-4-10(8-11(12)16)21(2,18)19/h3-8,17H,16H2,1-2H3. The van der Waals surface area contributed by atoms with Crippen molar-refractivity contribution < 1.29 is 17.5 Å². The van der Waals surface area contributed by atoms with E-state index in [0.29, 0.717) is 17.1 Å². The molecule has 0 radical (unpaired) electrons. The van der Waals surface area contributed by atoms with E-state index in [1.165, 1.54) is 37.4 Å². The van der Waals surface area contributed by atoms with E-state index < -0.39 is 15.7 Å². The van der Waals surface area contributed by atoms with Crippen molar-refractivity contribution in [1.82, 2.24) is 0 Å². The number of benzene rings is 2. The van der Waals surface area contributed by atoms with E-state index in [1.807, 2.05) is 0 Å². The minimum Gasteiger partial charge on any atom is -0.494 e. The summed E-state index contributed by atoms with van der Waals surface area (Å²) in [7, 11) is -1.89. The van der Waals surface area contributed by atoms with Crippen molar-refractivity contribution in [3.05, 3.63) is 42.2 Å². The topological polar surface area (TPSA) is 81.4 Å². The molecule has 0 unspecified atom stereocenters. The van der Waals surface area contributed by atoms with E-state index in [-0.39, 0.29) is 10.6 Å². The summed E-state index contributed by atoms with van der Waals surface area (Å²) in [4.78, 5) is 0.136. The Balaban J connectivity index is 2.37. The molecule has 0 aliphatic carbocycles. The Labute approximate surface area is 122 Å². The maximum Gasteiger partial charge on any atom is 0.175 e. The van der Waals surface area contributed by atoms with Crippen LogP contribution in [0.2, 0.25) is 0 Å². The van der Waals surface area contributed by atoms with Gasteiger partial charge in [-0.2, -0.15) is 0 Å². The van der Waals surface area contributed by atoms with Crippen LogP contribution in [0.4, 0.5) is 21.5 Å². The van der Waals surface area contributed by atoms with Gasteiger partial charge in [0.25, 0.3) is 0 Å². The van der Waals surface area contributed by atoms with Crippen LogP contribution in [0.5, 0.6) is 5.75 Å². The summed E-state index contributed by atoms with van der Waals surface area (Å²) in [5.41, 5.74) is 7.15. The molecule has 0 atom stereocenters. The first-order valence-electron chi connectivity index (χ1n) is 6.01. The molecule has 5 nitrogen and oxygen atoms in total. The molecular weight excluding hydrogens is 295 g/mol. The lowest BCUT2D eigenvalue weighted by atomic mass is 10.2. The van der Waals surface area contributed by atoms with E-state index in [4.69, 9.17) is 10.5 Å². The van der Waals surface area contributed by atoms with Gasteiger partial charge in [0.15, 0.2) is 9.84 Å². The Morgan fingerprint density at radius 3 is 2.38 bits per heavy atom. The van der Waals surface area contributed by atoms with E-state index in [9.17, 15) is 12.8 Å². The minimum atomic E-state index is -3.32. The summed E-state index contributed by atoms with van der Waals surface area (Å²) in [6, 6.07) is 8.40. The summed E-state index contributed by atoms with van der Waals surface area (Å²) in [5, 5.41) is 2.99. The molecular formula is C14H15FN2O3S. The van der Waals surface area contributed by atoms with Gasteiger partial charge in [0.2, 0.25) is 0 Å². The Morgan fingerprint density at radius 1 is 1.14 bits per heavy atom. The monoisotopic (exact) mass is 310 g/mol. The van der Waals surface area contributed by atoms with Crippen LogP contribution >= 0.6 is 0 Å². The highest BCUT2D eigenvalue weighted by Crippen LogP contribution is 2.31. The molecule has 0 heterocycles. The van der Waals surface area contributed by atoms with Crippen molar-refractivity contribution in [3.63, 3.8) is 0 Å². The Bertz CT molecular complexity index is 776. The summed E-state index contributed by atoms with van der Waals surface area (Å²) in [6.07, 6.45) is 1.11. The zero-order chi connectivity index (χ0) is 15.6. The quantitative estimate of drug-likeness (QED) is 0.848. The second-order valence-electron chi connectivity index (χ2n) is 4.49. The van der Waals surface area contributed by atoms with Crippen molar-refractivity contribution in [3.8, 4) is 5.75 Å². The lowest BCUT2D eigenvalue weighted by molar-refractivity contribution is 0.413. The summed E-state index contributed by atoms with van der Waals surface area (Å²) in [5.74, 6) is -0.0978. The highest BCUT2D eigenvalue weighted by molar-refractivity contribution is 7.90. The smallest absolute Gasteiger partial charge is 0.175 e. The fourth-order valence-electron chi connectivity index (χ4n) is 1.80. The molecule has 0 bridgehead atoms. The summed E-state index contributed by atoms with van der Waals surface area (Å²) in [6.45, 7) is 0. The van der Waals surface area contributed by atoms with Gasteiger partial charge in [-0.15, -0.1) is 0 Å². The molecule has 21 heavy (non-hydrogen) atoms. The molecule has 112 valence electrons. The summed E-state index contributed by atoms with van der Waals surface area (Å²) < 4.78 is 41.1. The van der Waals surface area contributed by atoms with Gasteiger partial charge in [0.1, 0.15) is 11.6 Å². The van der Waals surface area contributed by atoms with Crippen LogP contribution in [-0.2, 0) is 9.84 Å². The number of nitrogens with one attached hydrogen (secondary N) is 1. The average Bonchev–Trinajstić information content (AvgIpc) is 2.41. The number of hydrogen-bond acceptors (Lipinski definition) is 5. The maximum atomic E-state index is 13.1. The minimum absolute atomic E-state index is 0.136. The van der Waals surface area contributed by atoms with E-state index >= 15 is 0 Å². The Kier molecular flexibility index (Phi) is 4.04. The molecule has 0 aromatic heterocycles. The first-order valence-corrected chi connectivity index (χ1v) is 7.90. The van der Waals surface area contributed by atoms with Gasteiger partial charge in [0, 0.05) is 12.3 Å². The van der Waals surface area contributed by atoms with Gasteiger partial charge in [-0.1, -0.05) is 0 Å². The molecule has 0 amide bonds. The molecule has 2 aromatic carbocycles. The third-order valence-electron chi connectivity index (χ3n) is 2.88. The molecule has 0 aliphatic rings. The predicted molar refractivity (Wildman–Crippen MR) is 80.2 cm³/mol. The number of rotatable bonds is 4. The van der Waals surface area contributed by atoms with Crippen molar-refractivity contribution in [2.45, 2.75) is 4.90 Å². The van der Waals surface area contributed by atoms with Crippen LogP contribution in [-0.4, -0.2) is 21.8 Å². The molecule has 2 aromatic rings. The summed E-state index contributed by atoms with van der Waals surface area (Å²) >= 11 is 0. The van der Waals surface area contributed by atoms with Crippen LogP contribution in [0, 0.1) is 5.82 Å². The molecule has 0 saturated heterocycles. The van der Waals surface area contributed by atoms with Gasteiger partial charge >= 0.3 is 0 Å². The maximum absolute atomic E-state index is 13.1. The number of anilines is 3. The number of sulfone groups is 1. The molecule has 0 fully saturated rings. The second-order valence-corrected chi connectivity index (χ2v) is 6.51. The average molecular weight is 310 g/mol. The zero-order valence-corrected chi connectivity index (χ0v) is 12.4. The fraction of sp³-hybridized carbons (Fsp3) is 0.143. The highest BCUT2D eigenvalue weighted by atomic mass is 32.2. The SMILES string of the molecule is COc1cc(F)ccc1Nc1ccc(S(C)(=O)=O)cc1N. The first-order chi connectivity index (χ1) is 9.81.